The van der Waals surface area contributed by atoms with Crippen LogP contribution in [0.3, 0.4) is 0 Å². The van der Waals surface area contributed by atoms with E-state index in [1.807, 2.05) is 65.2 Å². The monoisotopic (exact) mass is 879 g/mol. The summed E-state index contributed by atoms with van der Waals surface area (Å²) in [6.07, 6.45) is 14.8. The van der Waals surface area contributed by atoms with Crippen molar-refractivity contribution < 1.29 is 43.0 Å². The van der Waals surface area contributed by atoms with Gasteiger partial charge in [0, 0.05) is 50.7 Å². The van der Waals surface area contributed by atoms with E-state index < -0.39 is 11.2 Å². The Bertz CT molecular complexity index is 1280. The average Bonchev–Trinajstić information content (AvgIpc) is 3.79. The van der Waals surface area contributed by atoms with E-state index in [9.17, 15) is 28.8 Å². The van der Waals surface area contributed by atoms with Gasteiger partial charge >= 0.3 is 11.9 Å². The van der Waals surface area contributed by atoms with Crippen LogP contribution in [0, 0.1) is 11.8 Å². The molecule has 0 unspecified atom stereocenters. The molecule has 0 bridgehead atoms. The van der Waals surface area contributed by atoms with Gasteiger partial charge in [-0.25, -0.2) is 0 Å². The van der Waals surface area contributed by atoms with E-state index in [1.54, 1.807) is 0 Å². The summed E-state index contributed by atoms with van der Waals surface area (Å²) in [4.78, 5) is 80.5. The maximum Gasteiger partial charge on any atom is 0.306 e. The number of hydrogen-bond acceptors (Lipinski definition) is 13. The minimum absolute atomic E-state index is 0.146. The molecule has 0 radical (unpaired) electrons. The fourth-order valence-electron chi connectivity index (χ4n) is 7.61. The molecule has 3 fully saturated rings. The molecule has 0 amide bonds. The van der Waals surface area contributed by atoms with Crippen molar-refractivity contribution in [2.75, 3.05) is 85.7 Å². The number of rotatable bonds is 12. The third-order valence-corrected chi connectivity index (χ3v) is 11.2. The largest absolute Gasteiger partial charge is 0.460 e. The van der Waals surface area contributed by atoms with Crippen molar-refractivity contribution in [3.63, 3.8) is 0 Å². The Morgan fingerprint density at radius 2 is 0.984 bits per heavy atom. The van der Waals surface area contributed by atoms with Gasteiger partial charge in [-0.3, -0.25) is 38.6 Å². The molecule has 0 aliphatic carbocycles. The van der Waals surface area contributed by atoms with Crippen molar-refractivity contribution in [3.8, 4) is 0 Å². The average molecular weight is 879 g/mol. The number of carbonyl (C=O) groups is 6. The molecule has 0 aromatic rings. The third-order valence-electron chi connectivity index (χ3n) is 11.2. The minimum atomic E-state index is -0.506. The Morgan fingerprint density at radius 3 is 1.39 bits per heavy atom. The van der Waals surface area contributed by atoms with Gasteiger partial charge in [0.15, 0.2) is 0 Å². The molecule has 62 heavy (non-hydrogen) atoms. The van der Waals surface area contributed by atoms with Crippen molar-refractivity contribution in [3.05, 3.63) is 0 Å². The van der Waals surface area contributed by atoms with E-state index in [4.69, 9.17) is 14.2 Å². The van der Waals surface area contributed by atoms with Gasteiger partial charge in [-0.15, -0.1) is 0 Å². The lowest BCUT2D eigenvalue weighted by Crippen LogP contribution is -2.37. The first-order valence-electron chi connectivity index (χ1n) is 24.3. The van der Waals surface area contributed by atoms with Crippen LogP contribution in [0.25, 0.3) is 0 Å². The summed E-state index contributed by atoms with van der Waals surface area (Å²) in [5.41, 5.74) is -1.01. The highest BCUT2D eigenvalue weighted by Gasteiger charge is 2.26. The van der Waals surface area contributed by atoms with Crippen LogP contribution in [0.2, 0.25) is 0 Å². The Balaban J connectivity index is 0.000000555. The Hall–Kier alpha value is -2.58. The van der Waals surface area contributed by atoms with Crippen molar-refractivity contribution in [1.29, 1.82) is 0 Å². The molecular formula is C49H90N4O9. The standard InChI is InChI=1S/C23H42N2O4.C22H40N2O4.C4H8O/c1-6-20(26)17-25-16-10-9-15-24(5)14-8-7-11-19(21(27)18-25)12-13-22(28)29-23(2,3)4;1-5-19(25)16-24-15-9-8-14-23-13-7-6-10-18(20(26)17-24)11-12-21(27)28-22(2,3)4;1-2-4-5-3-1/h19H,6-18H2,1-5H3;18,23H,5-17H2,1-4H3;1-4H2/t19-;18-;/m11./s1. The molecule has 13 nitrogen and oxygen atoms in total. The van der Waals surface area contributed by atoms with Crippen molar-refractivity contribution in [1.82, 2.24) is 20.0 Å². The fraction of sp³-hybridized carbons (Fsp3) is 0.878. The van der Waals surface area contributed by atoms with Crippen molar-refractivity contribution in [2.45, 2.75) is 182 Å². The predicted octanol–water partition coefficient (Wildman–Crippen LogP) is 7.40. The lowest BCUT2D eigenvalue weighted by Gasteiger charge is -2.24. The highest BCUT2D eigenvalue weighted by Crippen LogP contribution is 2.21. The lowest BCUT2D eigenvalue weighted by atomic mass is 9.91. The van der Waals surface area contributed by atoms with Crippen LogP contribution in [0.1, 0.15) is 171 Å². The number of ether oxygens (including phenoxy) is 3. The Labute approximate surface area is 376 Å². The summed E-state index contributed by atoms with van der Waals surface area (Å²) in [6.45, 7) is 23.7. The third kappa shape index (κ3) is 31.3. The van der Waals surface area contributed by atoms with Gasteiger partial charge in [0.1, 0.15) is 34.3 Å². The highest BCUT2D eigenvalue weighted by molar-refractivity contribution is 5.86. The first-order chi connectivity index (χ1) is 29.3. The molecule has 13 heteroatoms. The van der Waals surface area contributed by atoms with E-state index in [0.717, 1.165) is 117 Å². The number of nitrogens with zero attached hydrogens (tertiary/aromatic N) is 3. The van der Waals surface area contributed by atoms with Crippen LogP contribution in [0.5, 0.6) is 0 Å². The summed E-state index contributed by atoms with van der Waals surface area (Å²) in [5.74, 6) is -0.135. The summed E-state index contributed by atoms with van der Waals surface area (Å²) < 4.78 is 15.7. The molecule has 2 atom stereocenters. The van der Waals surface area contributed by atoms with Gasteiger partial charge in [0.25, 0.3) is 0 Å². The number of hydrogen-bond donors (Lipinski definition) is 1. The van der Waals surface area contributed by atoms with Gasteiger partial charge in [-0.2, -0.15) is 0 Å². The second-order valence-corrected chi connectivity index (χ2v) is 19.6. The molecule has 3 heterocycles. The van der Waals surface area contributed by atoms with Crippen LogP contribution < -0.4 is 5.32 Å². The molecule has 1 N–H and O–H groups in total. The van der Waals surface area contributed by atoms with Crippen LogP contribution in [0.4, 0.5) is 0 Å². The lowest BCUT2D eigenvalue weighted by molar-refractivity contribution is -0.156. The van der Waals surface area contributed by atoms with E-state index in [1.165, 1.54) is 12.8 Å². The van der Waals surface area contributed by atoms with Crippen LogP contribution >= 0.6 is 0 Å². The van der Waals surface area contributed by atoms with Gasteiger partial charge in [0.2, 0.25) is 0 Å². The number of carbonyl (C=O) groups excluding carboxylic acids is 6. The SMILES string of the molecule is C1CCOC1.CCC(=O)CN1CCCCN(C)CCCC[C@H](CCC(=O)OC(C)(C)C)C(=O)C1.CCC(=O)CN1CCCCNCCCC[C@H](CCC(=O)OC(C)(C)C)C(=O)C1. The number of esters is 2. The zero-order chi connectivity index (χ0) is 46.4. The van der Waals surface area contributed by atoms with Crippen LogP contribution in [-0.2, 0) is 43.0 Å². The molecule has 3 saturated heterocycles. The van der Waals surface area contributed by atoms with Crippen LogP contribution in [0.15, 0.2) is 0 Å². The number of ketones is 4. The van der Waals surface area contributed by atoms with E-state index in [-0.39, 0.29) is 59.7 Å². The zero-order valence-electron chi connectivity index (χ0n) is 40.9. The molecular weight excluding hydrogens is 789 g/mol. The molecule has 0 aromatic carbocycles. The van der Waals surface area contributed by atoms with E-state index in [0.29, 0.717) is 51.9 Å². The number of Topliss-reactive ketones (excluding diaryl/α,β-unsaturated/α-hetero) is 4. The second kappa shape index (κ2) is 33.0. The number of nitrogens with one attached hydrogen (secondary N) is 1. The maximum absolute atomic E-state index is 13.0. The smallest absolute Gasteiger partial charge is 0.306 e. The molecule has 3 aliphatic heterocycles. The fourth-order valence-corrected chi connectivity index (χ4v) is 7.61. The van der Waals surface area contributed by atoms with Crippen molar-refractivity contribution in [2.24, 2.45) is 11.8 Å². The van der Waals surface area contributed by atoms with Gasteiger partial charge in [0.05, 0.1) is 26.2 Å². The highest BCUT2D eigenvalue weighted by atomic mass is 16.6. The summed E-state index contributed by atoms with van der Waals surface area (Å²) in [5, 5.41) is 3.45. The predicted molar refractivity (Wildman–Crippen MR) is 247 cm³/mol. The maximum atomic E-state index is 13.0. The Morgan fingerprint density at radius 1 is 0.597 bits per heavy atom. The quantitative estimate of drug-likeness (QED) is 0.194. The summed E-state index contributed by atoms with van der Waals surface area (Å²) in [7, 11) is 2.14. The van der Waals surface area contributed by atoms with E-state index in [2.05, 4.69) is 17.3 Å². The van der Waals surface area contributed by atoms with Gasteiger partial charge in [-0.1, -0.05) is 26.7 Å². The van der Waals surface area contributed by atoms with Crippen molar-refractivity contribution >= 4 is 35.1 Å². The summed E-state index contributed by atoms with van der Waals surface area (Å²) in [6, 6.07) is 0. The van der Waals surface area contributed by atoms with E-state index >= 15 is 0 Å². The van der Waals surface area contributed by atoms with Gasteiger partial charge < -0.3 is 24.4 Å². The normalized spacial score (nSPS) is 21.7. The molecule has 0 saturated carbocycles. The summed E-state index contributed by atoms with van der Waals surface area (Å²) >= 11 is 0. The zero-order valence-corrected chi connectivity index (χ0v) is 40.9. The Kier molecular flexibility index (Phi) is 30.6. The van der Waals surface area contributed by atoms with Gasteiger partial charge in [-0.05, 0) is 165 Å². The topological polar surface area (TPSA) is 152 Å². The first kappa shape index (κ1) is 57.4. The molecule has 0 aromatic heterocycles. The first-order valence-corrected chi connectivity index (χ1v) is 24.3. The molecule has 360 valence electrons. The second-order valence-electron chi connectivity index (χ2n) is 19.6. The van der Waals surface area contributed by atoms with Crippen LogP contribution in [-0.4, -0.2) is 147 Å². The molecule has 0 spiro atoms. The molecule has 3 aliphatic rings. The molecule has 3 rings (SSSR count). The minimum Gasteiger partial charge on any atom is -0.460 e.